The number of nitrogens with zero attached hydrogens (tertiary/aromatic N) is 2. The summed E-state index contributed by atoms with van der Waals surface area (Å²) in [6.07, 6.45) is 2.25. The summed E-state index contributed by atoms with van der Waals surface area (Å²) in [6, 6.07) is 13.9. The number of benzene rings is 2. The molecule has 146 valence electrons. The molecule has 5 nitrogen and oxygen atoms in total. The fraction of sp³-hybridized carbons (Fsp3) is 0.318. The number of ether oxygens (including phenoxy) is 2. The molecule has 1 aromatic heterocycles. The van der Waals surface area contributed by atoms with Crippen molar-refractivity contribution in [3.05, 3.63) is 69.3 Å². The van der Waals surface area contributed by atoms with Gasteiger partial charge in [-0.05, 0) is 52.9 Å². The number of aromatic nitrogens is 2. The zero-order chi connectivity index (χ0) is 19.7. The Labute approximate surface area is 173 Å². The summed E-state index contributed by atoms with van der Waals surface area (Å²) in [6.45, 7) is 2.38. The van der Waals surface area contributed by atoms with E-state index in [1.807, 2.05) is 56.4 Å². The van der Waals surface area contributed by atoms with Crippen LogP contribution in [-0.2, 0) is 20.3 Å². The maximum absolute atomic E-state index is 9.88. The van der Waals surface area contributed by atoms with E-state index in [4.69, 9.17) is 9.47 Å². The highest BCUT2D eigenvalue weighted by molar-refractivity contribution is 9.10. The summed E-state index contributed by atoms with van der Waals surface area (Å²) < 4.78 is 14.8. The quantitative estimate of drug-likeness (QED) is 0.543. The lowest BCUT2D eigenvalue weighted by atomic mass is 10.2. The third-order valence-electron chi connectivity index (χ3n) is 4.91. The van der Waals surface area contributed by atoms with Crippen molar-refractivity contribution in [3.8, 4) is 17.4 Å². The van der Waals surface area contributed by atoms with Crippen molar-refractivity contribution in [3.63, 3.8) is 0 Å². The van der Waals surface area contributed by atoms with Gasteiger partial charge in [-0.15, -0.1) is 0 Å². The number of aryl methyl sites for hydroxylation is 2. The van der Waals surface area contributed by atoms with E-state index in [0.29, 0.717) is 29.9 Å². The highest BCUT2D eigenvalue weighted by atomic mass is 79.9. The molecule has 4 rings (SSSR count). The molecular formula is C22H23BrN2O3. The number of aliphatic hydroxyl groups is 1. The third-order valence-corrected chi connectivity index (χ3v) is 5.53. The van der Waals surface area contributed by atoms with E-state index in [0.717, 1.165) is 39.7 Å². The van der Waals surface area contributed by atoms with Crippen LogP contribution in [0.3, 0.4) is 0 Å². The van der Waals surface area contributed by atoms with E-state index >= 15 is 0 Å². The molecule has 2 aromatic carbocycles. The molecule has 1 N–H and O–H groups in total. The van der Waals surface area contributed by atoms with Gasteiger partial charge in [0, 0.05) is 19.0 Å². The molecule has 0 atom stereocenters. The lowest BCUT2D eigenvalue weighted by Crippen LogP contribution is -2.00. The predicted molar refractivity (Wildman–Crippen MR) is 111 cm³/mol. The van der Waals surface area contributed by atoms with Gasteiger partial charge in [0.05, 0.1) is 22.3 Å². The van der Waals surface area contributed by atoms with Crippen molar-refractivity contribution >= 4 is 15.9 Å². The number of halogens is 1. The minimum atomic E-state index is -0.0814. The smallest absolute Gasteiger partial charge is 0.223 e. The number of aliphatic hydroxyl groups excluding tert-OH is 1. The van der Waals surface area contributed by atoms with Gasteiger partial charge in [0.15, 0.2) is 0 Å². The van der Waals surface area contributed by atoms with Crippen LogP contribution < -0.4 is 9.47 Å². The SMILES string of the molecule is Cc1cc(Br)c(OCc2ccccc2)cc1Oc1c(CO)c(C2CC2)nn1C. The van der Waals surface area contributed by atoms with Gasteiger partial charge in [0.25, 0.3) is 0 Å². The lowest BCUT2D eigenvalue weighted by molar-refractivity contribution is 0.273. The maximum Gasteiger partial charge on any atom is 0.223 e. The van der Waals surface area contributed by atoms with Gasteiger partial charge >= 0.3 is 0 Å². The summed E-state index contributed by atoms with van der Waals surface area (Å²) in [4.78, 5) is 0. The van der Waals surface area contributed by atoms with Gasteiger partial charge in [-0.25, -0.2) is 4.68 Å². The van der Waals surface area contributed by atoms with Crippen LogP contribution in [0.1, 0.15) is 41.1 Å². The highest BCUT2D eigenvalue weighted by Crippen LogP contribution is 2.44. The Kier molecular flexibility index (Phi) is 5.42. The van der Waals surface area contributed by atoms with E-state index in [9.17, 15) is 5.11 Å². The molecule has 1 saturated carbocycles. The molecule has 0 amide bonds. The Balaban J connectivity index is 1.60. The van der Waals surface area contributed by atoms with E-state index in [-0.39, 0.29) is 6.61 Å². The highest BCUT2D eigenvalue weighted by Gasteiger charge is 2.32. The first-order chi connectivity index (χ1) is 13.6. The van der Waals surface area contributed by atoms with E-state index in [2.05, 4.69) is 21.0 Å². The molecular weight excluding hydrogens is 420 g/mol. The van der Waals surface area contributed by atoms with Crippen molar-refractivity contribution in [2.45, 2.75) is 38.9 Å². The van der Waals surface area contributed by atoms with Crippen molar-refractivity contribution in [2.24, 2.45) is 7.05 Å². The van der Waals surface area contributed by atoms with Gasteiger partial charge in [-0.1, -0.05) is 30.3 Å². The van der Waals surface area contributed by atoms with Crippen molar-refractivity contribution in [1.82, 2.24) is 9.78 Å². The first-order valence-electron chi connectivity index (χ1n) is 9.38. The Morgan fingerprint density at radius 1 is 1.18 bits per heavy atom. The van der Waals surface area contributed by atoms with Gasteiger partial charge in [-0.2, -0.15) is 5.10 Å². The fourth-order valence-corrected chi connectivity index (χ4v) is 3.80. The zero-order valence-corrected chi connectivity index (χ0v) is 17.6. The molecule has 6 heteroatoms. The molecule has 0 saturated heterocycles. The normalized spacial score (nSPS) is 13.6. The first-order valence-corrected chi connectivity index (χ1v) is 10.2. The van der Waals surface area contributed by atoms with E-state index < -0.39 is 0 Å². The van der Waals surface area contributed by atoms with Crippen LogP contribution in [0, 0.1) is 6.92 Å². The number of hydrogen-bond acceptors (Lipinski definition) is 4. The van der Waals surface area contributed by atoms with Crippen LogP contribution in [0.15, 0.2) is 46.9 Å². The fourth-order valence-electron chi connectivity index (χ4n) is 3.23. The maximum atomic E-state index is 9.88. The molecule has 0 radical (unpaired) electrons. The first kappa shape index (κ1) is 19.0. The molecule has 0 unspecified atom stereocenters. The molecule has 1 fully saturated rings. The van der Waals surface area contributed by atoms with Crippen LogP contribution in [-0.4, -0.2) is 14.9 Å². The zero-order valence-electron chi connectivity index (χ0n) is 16.0. The minimum absolute atomic E-state index is 0.0814. The molecule has 0 spiro atoms. The van der Waals surface area contributed by atoms with Crippen LogP contribution >= 0.6 is 15.9 Å². The van der Waals surface area contributed by atoms with Crippen molar-refractivity contribution in [2.75, 3.05) is 0 Å². The molecule has 1 aliphatic carbocycles. The Bertz CT molecular complexity index is 981. The van der Waals surface area contributed by atoms with Gasteiger partial charge < -0.3 is 14.6 Å². The van der Waals surface area contributed by atoms with Gasteiger partial charge in [-0.3, -0.25) is 0 Å². The lowest BCUT2D eigenvalue weighted by Gasteiger charge is -2.14. The Hall–Kier alpha value is -2.31. The summed E-state index contributed by atoms with van der Waals surface area (Å²) in [5.74, 6) is 2.43. The standard InChI is InChI=1S/C22H23BrN2O3/c1-14-10-18(23)20(27-13-15-6-4-3-5-7-15)11-19(14)28-22-17(12-26)21(16-8-9-16)24-25(22)2/h3-7,10-11,16,26H,8-9,12-13H2,1-2H3. The van der Waals surface area contributed by atoms with E-state index in [1.165, 1.54) is 0 Å². The summed E-state index contributed by atoms with van der Waals surface area (Å²) in [5, 5.41) is 14.5. The molecule has 0 bridgehead atoms. The minimum Gasteiger partial charge on any atom is -0.488 e. The molecule has 0 aliphatic heterocycles. The molecule has 1 heterocycles. The predicted octanol–water partition coefficient (Wildman–Crippen LogP) is 5.23. The van der Waals surface area contributed by atoms with Gasteiger partial charge in [0.1, 0.15) is 18.1 Å². The van der Waals surface area contributed by atoms with Crippen LogP contribution in [0.5, 0.6) is 17.4 Å². The topological polar surface area (TPSA) is 56.5 Å². The second kappa shape index (κ2) is 7.97. The Morgan fingerprint density at radius 3 is 2.61 bits per heavy atom. The van der Waals surface area contributed by atoms with Crippen molar-refractivity contribution < 1.29 is 14.6 Å². The second-order valence-electron chi connectivity index (χ2n) is 7.15. The van der Waals surface area contributed by atoms with Gasteiger partial charge in [0.2, 0.25) is 5.88 Å². The molecule has 3 aromatic rings. The summed E-state index contributed by atoms with van der Waals surface area (Å²) in [5.41, 5.74) is 3.80. The van der Waals surface area contributed by atoms with E-state index in [1.54, 1.807) is 4.68 Å². The average Bonchev–Trinajstić information content (AvgIpc) is 3.48. The van der Waals surface area contributed by atoms with Crippen LogP contribution in [0.4, 0.5) is 0 Å². The average molecular weight is 443 g/mol. The third kappa shape index (κ3) is 3.93. The van der Waals surface area contributed by atoms with Crippen LogP contribution in [0.25, 0.3) is 0 Å². The summed E-state index contributed by atoms with van der Waals surface area (Å²) in [7, 11) is 1.85. The van der Waals surface area contributed by atoms with Crippen molar-refractivity contribution in [1.29, 1.82) is 0 Å². The summed E-state index contributed by atoms with van der Waals surface area (Å²) >= 11 is 3.58. The second-order valence-corrected chi connectivity index (χ2v) is 8.00. The molecule has 1 aliphatic rings. The largest absolute Gasteiger partial charge is 0.488 e. The number of rotatable bonds is 7. The monoisotopic (exact) mass is 442 g/mol. The Morgan fingerprint density at radius 2 is 1.93 bits per heavy atom. The van der Waals surface area contributed by atoms with Crippen LogP contribution in [0.2, 0.25) is 0 Å². The molecule has 28 heavy (non-hydrogen) atoms. The number of hydrogen-bond donors (Lipinski definition) is 1.